The van der Waals surface area contributed by atoms with Gasteiger partial charge in [0.2, 0.25) is 5.91 Å². The van der Waals surface area contributed by atoms with Gasteiger partial charge in [-0.15, -0.1) is 0 Å². The van der Waals surface area contributed by atoms with Crippen molar-refractivity contribution in [1.29, 1.82) is 0 Å². The van der Waals surface area contributed by atoms with Crippen molar-refractivity contribution >= 4 is 17.5 Å². The maximum atomic E-state index is 12.5. The molecule has 0 unspecified atom stereocenters. The van der Waals surface area contributed by atoms with E-state index < -0.39 is 0 Å². The Balaban J connectivity index is 2.10. The summed E-state index contributed by atoms with van der Waals surface area (Å²) in [4.78, 5) is 14.3. The third kappa shape index (κ3) is 3.98. The quantitative estimate of drug-likeness (QED) is 0.777. The van der Waals surface area contributed by atoms with Gasteiger partial charge in [-0.3, -0.25) is 4.79 Å². The lowest BCUT2D eigenvalue weighted by atomic mass is 10.00. The summed E-state index contributed by atoms with van der Waals surface area (Å²) in [6, 6.07) is 9.40. The number of amides is 1. The van der Waals surface area contributed by atoms with Crippen LogP contribution in [0.25, 0.3) is 11.1 Å². The number of hydrogen-bond acceptors (Lipinski definition) is 4. The third-order valence-corrected chi connectivity index (χ3v) is 4.83. The highest BCUT2D eigenvalue weighted by molar-refractivity contribution is 6.31. The first-order valence-corrected chi connectivity index (χ1v) is 9.28. The Hall–Kier alpha value is -2.40. The number of ether oxygens (including phenoxy) is 3. The van der Waals surface area contributed by atoms with Crippen molar-refractivity contribution in [2.45, 2.75) is 20.4 Å². The molecular weight excluding hydrogens is 366 g/mol. The molecule has 2 aromatic rings. The van der Waals surface area contributed by atoms with Gasteiger partial charge in [-0.1, -0.05) is 25.4 Å². The summed E-state index contributed by atoms with van der Waals surface area (Å²) in [5.41, 5.74) is 2.65. The SMILES string of the molecule is COc1ccc(Cl)cc1-c1cc2c(c(OC)c1)OCCN(C(=O)C(C)C)C2. The molecule has 6 heteroatoms. The Kier molecular flexibility index (Phi) is 5.80. The summed E-state index contributed by atoms with van der Waals surface area (Å²) >= 11 is 6.20. The first-order valence-electron chi connectivity index (χ1n) is 8.91. The predicted molar refractivity (Wildman–Crippen MR) is 106 cm³/mol. The van der Waals surface area contributed by atoms with E-state index >= 15 is 0 Å². The molecule has 3 rings (SSSR count). The second kappa shape index (κ2) is 8.09. The topological polar surface area (TPSA) is 48.0 Å². The van der Waals surface area contributed by atoms with Crippen LogP contribution in [0.2, 0.25) is 5.02 Å². The number of carbonyl (C=O) groups is 1. The van der Waals surface area contributed by atoms with Crippen molar-refractivity contribution < 1.29 is 19.0 Å². The molecule has 0 radical (unpaired) electrons. The Morgan fingerprint density at radius 3 is 2.56 bits per heavy atom. The van der Waals surface area contributed by atoms with Crippen LogP contribution >= 0.6 is 11.6 Å². The van der Waals surface area contributed by atoms with E-state index in [1.165, 1.54) is 0 Å². The maximum absolute atomic E-state index is 12.5. The van der Waals surface area contributed by atoms with Gasteiger partial charge in [0.25, 0.3) is 0 Å². The van der Waals surface area contributed by atoms with Crippen LogP contribution in [0.4, 0.5) is 0 Å². The Morgan fingerprint density at radius 1 is 1.15 bits per heavy atom. The van der Waals surface area contributed by atoms with Crippen molar-refractivity contribution in [3.05, 3.63) is 40.9 Å². The first-order chi connectivity index (χ1) is 12.9. The zero-order valence-electron chi connectivity index (χ0n) is 16.0. The van der Waals surface area contributed by atoms with Gasteiger partial charge < -0.3 is 19.1 Å². The van der Waals surface area contributed by atoms with Crippen molar-refractivity contribution in [1.82, 2.24) is 4.90 Å². The van der Waals surface area contributed by atoms with Crippen LogP contribution in [0.5, 0.6) is 17.2 Å². The molecule has 0 saturated carbocycles. The molecule has 0 aromatic heterocycles. The fraction of sp³-hybridized carbons (Fsp3) is 0.381. The molecule has 1 amide bonds. The number of carbonyl (C=O) groups excluding carboxylic acids is 1. The minimum atomic E-state index is -0.0651. The first kappa shape index (κ1) is 19.4. The molecule has 27 heavy (non-hydrogen) atoms. The second-order valence-corrected chi connectivity index (χ2v) is 7.21. The largest absolute Gasteiger partial charge is 0.496 e. The van der Waals surface area contributed by atoms with E-state index in [1.54, 1.807) is 20.3 Å². The molecule has 144 valence electrons. The lowest BCUT2D eigenvalue weighted by Crippen LogP contribution is -2.35. The van der Waals surface area contributed by atoms with Crippen LogP contribution in [0.3, 0.4) is 0 Å². The molecule has 0 saturated heterocycles. The molecule has 1 heterocycles. The van der Waals surface area contributed by atoms with Gasteiger partial charge in [-0.25, -0.2) is 0 Å². The highest BCUT2D eigenvalue weighted by atomic mass is 35.5. The van der Waals surface area contributed by atoms with Crippen LogP contribution in [0.15, 0.2) is 30.3 Å². The van der Waals surface area contributed by atoms with E-state index in [1.807, 2.05) is 43.0 Å². The maximum Gasteiger partial charge on any atom is 0.225 e. The van der Waals surface area contributed by atoms with E-state index in [0.29, 0.717) is 42.0 Å². The standard InChI is InChI=1S/C21H24ClNO4/c1-13(2)21(24)23-7-8-27-20-15(12-23)9-14(10-19(20)26-4)17-11-16(22)5-6-18(17)25-3/h5-6,9-11,13H,7-8,12H2,1-4H3. The third-order valence-electron chi connectivity index (χ3n) is 4.60. The molecule has 0 bridgehead atoms. The Bertz CT molecular complexity index is 850. The number of halogens is 1. The zero-order valence-corrected chi connectivity index (χ0v) is 16.8. The van der Waals surface area contributed by atoms with Crippen LogP contribution in [-0.2, 0) is 11.3 Å². The molecule has 0 aliphatic carbocycles. The van der Waals surface area contributed by atoms with Crippen molar-refractivity contribution in [2.75, 3.05) is 27.4 Å². The molecular formula is C21H24ClNO4. The van der Waals surface area contributed by atoms with E-state index in [9.17, 15) is 4.79 Å². The summed E-state index contributed by atoms with van der Waals surface area (Å²) in [6.07, 6.45) is 0. The van der Waals surface area contributed by atoms with E-state index in [0.717, 1.165) is 16.7 Å². The highest BCUT2D eigenvalue weighted by Gasteiger charge is 2.25. The molecule has 0 atom stereocenters. The Morgan fingerprint density at radius 2 is 1.89 bits per heavy atom. The monoisotopic (exact) mass is 389 g/mol. The number of hydrogen-bond donors (Lipinski definition) is 0. The van der Waals surface area contributed by atoms with Gasteiger partial charge >= 0.3 is 0 Å². The number of nitrogens with zero attached hydrogens (tertiary/aromatic N) is 1. The second-order valence-electron chi connectivity index (χ2n) is 6.77. The van der Waals surface area contributed by atoms with E-state index in [2.05, 4.69) is 0 Å². The summed E-state index contributed by atoms with van der Waals surface area (Å²) in [6.45, 7) is 5.26. The zero-order chi connectivity index (χ0) is 19.6. The number of fused-ring (bicyclic) bond motifs is 1. The van der Waals surface area contributed by atoms with Gasteiger partial charge in [0.1, 0.15) is 12.4 Å². The van der Waals surface area contributed by atoms with Gasteiger partial charge in [-0.05, 0) is 35.9 Å². The molecule has 1 aliphatic heterocycles. The molecule has 2 aromatic carbocycles. The van der Waals surface area contributed by atoms with E-state index in [-0.39, 0.29) is 11.8 Å². The molecule has 1 aliphatic rings. The summed E-state index contributed by atoms with van der Waals surface area (Å²) < 4.78 is 17.0. The fourth-order valence-corrected chi connectivity index (χ4v) is 3.42. The summed E-state index contributed by atoms with van der Waals surface area (Å²) in [7, 11) is 3.24. The van der Waals surface area contributed by atoms with Crippen molar-refractivity contribution in [3.8, 4) is 28.4 Å². The minimum absolute atomic E-state index is 0.0651. The summed E-state index contributed by atoms with van der Waals surface area (Å²) in [5.74, 6) is 2.07. The molecule has 5 nitrogen and oxygen atoms in total. The van der Waals surface area contributed by atoms with E-state index in [4.69, 9.17) is 25.8 Å². The van der Waals surface area contributed by atoms with Gasteiger partial charge in [-0.2, -0.15) is 0 Å². The minimum Gasteiger partial charge on any atom is -0.496 e. The molecule has 0 N–H and O–H groups in total. The summed E-state index contributed by atoms with van der Waals surface area (Å²) in [5, 5.41) is 0.618. The lowest BCUT2D eigenvalue weighted by Gasteiger charge is -2.22. The van der Waals surface area contributed by atoms with Crippen LogP contribution in [-0.4, -0.2) is 38.2 Å². The fourth-order valence-electron chi connectivity index (χ4n) is 3.25. The average molecular weight is 390 g/mol. The number of rotatable bonds is 4. The lowest BCUT2D eigenvalue weighted by molar-refractivity contribution is -0.135. The normalized spacial score (nSPS) is 13.6. The number of benzene rings is 2. The van der Waals surface area contributed by atoms with Crippen LogP contribution < -0.4 is 14.2 Å². The Labute approximate surface area is 164 Å². The number of methoxy groups -OCH3 is 2. The van der Waals surface area contributed by atoms with Crippen molar-refractivity contribution in [3.63, 3.8) is 0 Å². The van der Waals surface area contributed by atoms with Crippen molar-refractivity contribution in [2.24, 2.45) is 5.92 Å². The van der Waals surface area contributed by atoms with Crippen LogP contribution in [0.1, 0.15) is 19.4 Å². The average Bonchev–Trinajstić information content (AvgIpc) is 2.88. The van der Waals surface area contributed by atoms with Gasteiger partial charge in [0.05, 0.1) is 20.8 Å². The smallest absolute Gasteiger partial charge is 0.225 e. The van der Waals surface area contributed by atoms with Gasteiger partial charge in [0, 0.05) is 28.6 Å². The predicted octanol–water partition coefficient (Wildman–Crippen LogP) is 4.40. The molecule has 0 fully saturated rings. The van der Waals surface area contributed by atoms with Gasteiger partial charge in [0.15, 0.2) is 11.5 Å². The van der Waals surface area contributed by atoms with Crippen LogP contribution in [0, 0.1) is 5.92 Å². The highest BCUT2D eigenvalue weighted by Crippen LogP contribution is 2.41. The molecule has 0 spiro atoms.